The van der Waals surface area contributed by atoms with Gasteiger partial charge in [-0.25, -0.2) is 0 Å². The molecular weight excluding hydrogens is 256 g/mol. The molecule has 1 saturated heterocycles. The Morgan fingerprint density at radius 1 is 1.40 bits per heavy atom. The van der Waals surface area contributed by atoms with Crippen molar-refractivity contribution >= 4 is 11.9 Å². The number of hydrogen-bond acceptors (Lipinski definition) is 3. The maximum atomic E-state index is 12.1. The summed E-state index contributed by atoms with van der Waals surface area (Å²) in [7, 11) is 0. The molecule has 1 aliphatic heterocycles. The molecule has 1 aromatic carbocycles. The van der Waals surface area contributed by atoms with Crippen molar-refractivity contribution in [2.75, 3.05) is 13.1 Å². The van der Waals surface area contributed by atoms with Gasteiger partial charge in [-0.3, -0.25) is 14.5 Å². The fourth-order valence-electron chi connectivity index (χ4n) is 2.44. The first-order chi connectivity index (χ1) is 9.58. The van der Waals surface area contributed by atoms with Crippen molar-refractivity contribution in [1.29, 1.82) is 0 Å². The summed E-state index contributed by atoms with van der Waals surface area (Å²) in [4.78, 5) is 24.9. The molecule has 1 fully saturated rings. The molecule has 5 heteroatoms. The van der Waals surface area contributed by atoms with E-state index in [2.05, 4.69) is 5.32 Å². The van der Waals surface area contributed by atoms with Crippen LogP contribution in [0.1, 0.15) is 18.9 Å². The van der Waals surface area contributed by atoms with E-state index >= 15 is 0 Å². The van der Waals surface area contributed by atoms with E-state index in [1.807, 2.05) is 42.2 Å². The zero-order valence-corrected chi connectivity index (χ0v) is 11.6. The van der Waals surface area contributed by atoms with Crippen molar-refractivity contribution in [2.45, 2.75) is 25.9 Å². The molecule has 1 heterocycles. The molecule has 5 nitrogen and oxygen atoms in total. The normalized spacial score (nSPS) is 20.6. The quantitative estimate of drug-likeness (QED) is 0.845. The van der Waals surface area contributed by atoms with E-state index in [4.69, 9.17) is 5.11 Å². The van der Waals surface area contributed by atoms with Crippen LogP contribution in [0, 0.1) is 5.92 Å². The van der Waals surface area contributed by atoms with Crippen molar-refractivity contribution in [3.05, 3.63) is 35.9 Å². The van der Waals surface area contributed by atoms with Crippen molar-refractivity contribution < 1.29 is 14.7 Å². The highest BCUT2D eigenvalue weighted by Gasteiger charge is 2.32. The van der Waals surface area contributed by atoms with Crippen LogP contribution in [0.3, 0.4) is 0 Å². The van der Waals surface area contributed by atoms with Gasteiger partial charge in [-0.1, -0.05) is 30.3 Å². The zero-order chi connectivity index (χ0) is 14.5. The van der Waals surface area contributed by atoms with E-state index in [9.17, 15) is 9.59 Å². The number of nitrogens with one attached hydrogen (secondary N) is 1. The van der Waals surface area contributed by atoms with E-state index in [0.29, 0.717) is 26.1 Å². The van der Waals surface area contributed by atoms with E-state index in [1.165, 1.54) is 0 Å². The third-order valence-corrected chi connectivity index (χ3v) is 3.81. The van der Waals surface area contributed by atoms with Gasteiger partial charge in [-0.15, -0.1) is 0 Å². The number of carboxylic acids is 1. The number of carboxylic acid groups (broad SMARTS) is 1. The topological polar surface area (TPSA) is 69.6 Å². The molecule has 0 spiro atoms. The van der Waals surface area contributed by atoms with Crippen molar-refractivity contribution in [2.24, 2.45) is 5.92 Å². The summed E-state index contributed by atoms with van der Waals surface area (Å²) in [5.41, 5.74) is 1.05. The summed E-state index contributed by atoms with van der Waals surface area (Å²) in [5.74, 6) is -1.18. The molecule has 2 rings (SSSR count). The summed E-state index contributed by atoms with van der Waals surface area (Å²) in [6.07, 6.45) is 0.617. The lowest BCUT2D eigenvalue weighted by Gasteiger charge is -2.23. The van der Waals surface area contributed by atoms with Gasteiger partial charge in [0.05, 0.1) is 12.0 Å². The van der Waals surface area contributed by atoms with Gasteiger partial charge in [0.2, 0.25) is 5.91 Å². The van der Waals surface area contributed by atoms with Crippen molar-refractivity contribution in [1.82, 2.24) is 10.2 Å². The maximum Gasteiger partial charge on any atom is 0.307 e. The molecule has 2 N–H and O–H groups in total. The molecule has 1 aromatic rings. The lowest BCUT2D eigenvalue weighted by molar-refractivity contribution is -0.141. The Kier molecular flexibility index (Phi) is 4.74. The third kappa shape index (κ3) is 3.57. The van der Waals surface area contributed by atoms with Crippen LogP contribution in [0.5, 0.6) is 0 Å². The molecule has 1 amide bonds. The van der Waals surface area contributed by atoms with Crippen LogP contribution in [0.4, 0.5) is 0 Å². The zero-order valence-electron chi connectivity index (χ0n) is 11.6. The summed E-state index contributed by atoms with van der Waals surface area (Å²) in [6, 6.07) is 9.43. The standard InChI is InChI=1S/C15H20N2O3/c1-11(17-8-7-13(10-17)15(19)20)14(18)16-9-12-5-3-2-4-6-12/h2-6,11,13H,7-10H2,1H3,(H,16,18)(H,19,20). The molecule has 0 aliphatic carbocycles. The smallest absolute Gasteiger partial charge is 0.307 e. The highest BCUT2D eigenvalue weighted by molar-refractivity contribution is 5.81. The number of amides is 1. The molecule has 2 atom stereocenters. The Morgan fingerprint density at radius 2 is 2.10 bits per heavy atom. The minimum Gasteiger partial charge on any atom is -0.481 e. The average Bonchev–Trinajstić information content (AvgIpc) is 2.95. The minimum atomic E-state index is -0.774. The minimum absolute atomic E-state index is 0.0557. The highest BCUT2D eigenvalue weighted by atomic mass is 16.4. The number of likely N-dealkylation sites (tertiary alicyclic amines) is 1. The Bertz CT molecular complexity index is 475. The Hall–Kier alpha value is -1.88. The molecular formula is C15H20N2O3. The lowest BCUT2D eigenvalue weighted by atomic mass is 10.1. The van der Waals surface area contributed by atoms with Gasteiger partial charge in [0, 0.05) is 13.1 Å². The van der Waals surface area contributed by atoms with Crippen LogP contribution < -0.4 is 5.32 Å². The van der Waals surface area contributed by atoms with Gasteiger partial charge in [-0.05, 0) is 25.5 Å². The molecule has 1 aliphatic rings. The second kappa shape index (κ2) is 6.52. The van der Waals surface area contributed by atoms with Crippen LogP contribution in [-0.2, 0) is 16.1 Å². The molecule has 0 saturated carbocycles. The van der Waals surface area contributed by atoms with E-state index in [1.54, 1.807) is 0 Å². The van der Waals surface area contributed by atoms with Gasteiger partial charge in [0.15, 0.2) is 0 Å². The van der Waals surface area contributed by atoms with Crippen LogP contribution in [0.2, 0.25) is 0 Å². The number of hydrogen-bond donors (Lipinski definition) is 2. The van der Waals surface area contributed by atoms with E-state index < -0.39 is 5.97 Å². The number of carbonyl (C=O) groups is 2. The third-order valence-electron chi connectivity index (χ3n) is 3.81. The van der Waals surface area contributed by atoms with E-state index in [0.717, 1.165) is 5.56 Å². The molecule has 0 radical (unpaired) electrons. The Labute approximate surface area is 118 Å². The first-order valence-corrected chi connectivity index (χ1v) is 6.86. The van der Waals surface area contributed by atoms with Gasteiger partial charge in [0.1, 0.15) is 0 Å². The second-order valence-electron chi connectivity index (χ2n) is 5.20. The Balaban J connectivity index is 1.82. The van der Waals surface area contributed by atoms with Crippen molar-refractivity contribution in [3.8, 4) is 0 Å². The predicted octanol–water partition coefficient (Wildman–Crippen LogP) is 1.10. The molecule has 2 unspecified atom stereocenters. The summed E-state index contributed by atoms with van der Waals surface area (Å²) < 4.78 is 0. The van der Waals surface area contributed by atoms with E-state index in [-0.39, 0.29) is 17.9 Å². The average molecular weight is 276 g/mol. The fraction of sp³-hybridized carbons (Fsp3) is 0.467. The monoisotopic (exact) mass is 276 g/mol. The lowest BCUT2D eigenvalue weighted by Crippen LogP contribution is -2.44. The van der Waals surface area contributed by atoms with Gasteiger partial charge < -0.3 is 10.4 Å². The first kappa shape index (κ1) is 14.5. The molecule has 0 bridgehead atoms. The SMILES string of the molecule is CC(C(=O)NCc1ccccc1)N1CCC(C(=O)O)C1. The van der Waals surface area contributed by atoms with Crippen LogP contribution >= 0.6 is 0 Å². The number of benzene rings is 1. The summed E-state index contributed by atoms with van der Waals surface area (Å²) in [6.45, 7) is 3.44. The Morgan fingerprint density at radius 3 is 2.70 bits per heavy atom. The fourth-order valence-corrected chi connectivity index (χ4v) is 2.44. The molecule has 20 heavy (non-hydrogen) atoms. The summed E-state index contributed by atoms with van der Waals surface area (Å²) >= 11 is 0. The maximum absolute atomic E-state index is 12.1. The predicted molar refractivity (Wildman–Crippen MR) is 75.1 cm³/mol. The number of nitrogens with zero attached hydrogens (tertiary/aromatic N) is 1. The first-order valence-electron chi connectivity index (χ1n) is 6.86. The second-order valence-corrected chi connectivity index (χ2v) is 5.20. The number of carbonyl (C=O) groups excluding carboxylic acids is 1. The number of aliphatic carboxylic acids is 1. The van der Waals surface area contributed by atoms with Crippen LogP contribution in [0.15, 0.2) is 30.3 Å². The van der Waals surface area contributed by atoms with Crippen LogP contribution in [-0.4, -0.2) is 41.0 Å². The van der Waals surface area contributed by atoms with Gasteiger partial charge in [-0.2, -0.15) is 0 Å². The molecule has 108 valence electrons. The van der Waals surface area contributed by atoms with Crippen LogP contribution in [0.25, 0.3) is 0 Å². The number of rotatable bonds is 5. The van der Waals surface area contributed by atoms with Gasteiger partial charge >= 0.3 is 5.97 Å². The van der Waals surface area contributed by atoms with Gasteiger partial charge in [0.25, 0.3) is 0 Å². The largest absolute Gasteiger partial charge is 0.481 e. The highest BCUT2D eigenvalue weighted by Crippen LogP contribution is 2.18. The van der Waals surface area contributed by atoms with Crippen molar-refractivity contribution in [3.63, 3.8) is 0 Å². The molecule has 0 aromatic heterocycles. The summed E-state index contributed by atoms with van der Waals surface area (Å²) in [5, 5.41) is 11.9.